The third-order valence-corrected chi connectivity index (χ3v) is 2.52. The minimum Gasteiger partial charge on any atom is -0.326 e. The largest absolute Gasteiger partial charge is 0.326 e. The molecule has 0 saturated heterocycles. The number of rotatable bonds is 3. The van der Waals surface area contributed by atoms with Crippen LogP contribution in [0.25, 0.3) is 0 Å². The molecule has 0 aromatic heterocycles. The zero-order valence-corrected chi connectivity index (χ0v) is 9.30. The molecule has 0 spiro atoms. The van der Waals surface area contributed by atoms with Crippen molar-refractivity contribution in [3.05, 3.63) is 23.8 Å². The minimum absolute atomic E-state index is 0.0146. The molecular formula is C11H11ClN2O2. The Bertz CT molecular complexity index is 446. The second-order valence-electron chi connectivity index (χ2n) is 3.58. The number of benzene rings is 1. The van der Waals surface area contributed by atoms with Gasteiger partial charge in [-0.3, -0.25) is 9.59 Å². The molecule has 2 rings (SSSR count). The molecule has 1 aliphatic rings. The first-order valence-corrected chi connectivity index (χ1v) is 5.51. The van der Waals surface area contributed by atoms with Crippen molar-refractivity contribution in [1.82, 2.24) is 0 Å². The number of carbonyl (C=O) groups is 2. The first kappa shape index (κ1) is 11.0. The lowest BCUT2D eigenvalue weighted by atomic mass is 10.1. The maximum atomic E-state index is 11.3. The number of fused-ring (bicyclic) bond motifs is 1. The molecule has 2 N–H and O–H groups in total. The lowest BCUT2D eigenvalue weighted by molar-refractivity contribution is -0.116. The first-order valence-electron chi connectivity index (χ1n) is 4.97. The van der Waals surface area contributed by atoms with E-state index >= 15 is 0 Å². The van der Waals surface area contributed by atoms with Gasteiger partial charge >= 0.3 is 0 Å². The second kappa shape index (κ2) is 4.53. The van der Waals surface area contributed by atoms with Crippen molar-refractivity contribution < 1.29 is 9.59 Å². The van der Waals surface area contributed by atoms with E-state index in [0.717, 1.165) is 11.3 Å². The molecule has 16 heavy (non-hydrogen) atoms. The van der Waals surface area contributed by atoms with Gasteiger partial charge in [0, 0.05) is 23.7 Å². The Morgan fingerprint density at radius 1 is 1.50 bits per heavy atom. The van der Waals surface area contributed by atoms with Crippen LogP contribution >= 0.6 is 11.6 Å². The lowest BCUT2D eigenvalue weighted by Crippen LogP contribution is -2.11. The molecule has 0 radical (unpaired) electrons. The Morgan fingerprint density at radius 3 is 3.06 bits per heavy atom. The predicted octanol–water partition coefficient (Wildman–Crippen LogP) is 1.75. The van der Waals surface area contributed by atoms with Gasteiger partial charge in [-0.25, -0.2) is 0 Å². The standard InChI is InChI=1S/C11H11ClN2O2/c12-4-3-10(15)13-8-1-2-9-7(5-8)6-11(16)14-9/h1-2,5H,3-4,6H2,(H,13,15)(H,14,16). The summed E-state index contributed by atoms with van der Waals surface area (Å²) in [5.74, 6) is 0.169. The Kier molecular flexibility index (Phi) is 3.10. The van der Waals surface area contributed by atoms with Crippen LogP contribution in [0.2, 0.25) is 0 Å². The zero-order chi connectivity index (χ0) is 11.5. The Labute approximate surface area is 98.0 Å². The molecule has 84 valence electrons. The maximum Gasteiger partial charge on any atom is 0.228 e. The van der Waals surface area contributed by atoms with Crippen LogP contribution in [0.3, 0.4) is 0 Å². The van der Waals surface area contributed by atoms with Crippen molar-refractivity contribution in [2.24, 2.45) is 0 Å². The van der Waals surface area contributed by atoms with Gasteiger partial charge in [0.2, 0.25) is 11.8 Å². The molecular weight excluding hydrogens is 228 g/mol. The van der Waals surface area contributed by atoms with Gasteiger partial charge in [0.1, 0.15) is 0 Å². The van der Waals surface area contributed by atoms with E-state index in [0.29, 0.717) is 18.0 Å². The highest BCUT2D eigenvalue weighted by atomic mass is 35.5. The van der Waals surface area contributed by atoms with E-state index in [-0.39, 0.29) is 18.2 Å². The van der Waals surface area contributed by atoms with Crippen molar-refractivity contribution in [2.75, 3.05) is 16.5 Å². The Morgan fingerprint density at radius 2 is 2.31 bits per heavy atom. The van der Waals surface area contributed by atoms with Crippen molar-refractivity contribution in [2.45, 2.75) is 12.8 Å². The summed E-state index contributed by atoms with van der Waals surface area (Å²) < 4.78 is 0. The van der Waals surface area contributed by atoms with Crippen LogP contribution in [0.1, 0.15) is 12.0 Å². The Balaban J connectivity index is 2.10. The number of anilines is 2. The summed E-state index contributed by atoms with van der Waals surface area (Å²) in [7, 11) is 0. The number of amides is 2. The fourth-order valence-electron chi connectivity index (χ4n) is 1.62. The van der Waals surface area contributed by atoms with Crippen LogP contribution in [0.4, 0.5) is 11.4 Å². The number of alkyl halides is 1. The summed E-state index contributed by atoms with van der Waals surface area (Å²) in [6, 6.07) is 5.35. The fourth-order valence-corrected chi connectivity index (χ4v) is 1.79. The van der Waals surface area contributed by atoms with E-state index < -0.39 is 0 Å². The molecule has 1 aromatic carbocycles. The van der Waals surface area contributed by atoms with Crippen molar-refractivity contribution in [1.29, 1.82) is 0 Å². The minimum atomic E-state index is -0.118. The molecule has 0 fully saturated rings. The maximum absolute atomic E-state index is 11.3. The molecule has 0 saturated carbocycles. The van der Waals surface area contributed by atoms with Crippen molar-refractivity contribution >= 4 is 34.8 Å². The lowest BCUT2D eigenvalue weighted by Gasteiger charge is -2.05. The predicted molar refractivity (Wildman–Crippen MR) is 62.7 cm³/mol. The monoisotopic (exact) mass is 238 g/mol. The molecule has 0 aliphatic carbocycles. The van der Waals surface area contributed by atoms with Gasteiger partial charge < -0.3 is 10.6 Å². The van der Waals surface area contributed by atoms with Gasteiger partial charge in [-0.2, -0.15) is 0 Å². The number of carbonyl (C=O) groups excluding carboxylic acids is 2. The summed E-state index contributed by atoms with van der Waals surface area (Å²) in [4.78, 5) is 22.4. The molecule has 1 aromatic rings. The quantitative estimate of drug-likeness (QED) is 0.789. The van der Waals surface area contributed by atoms with Crippen LogP contribution in [0, 0.1) is 0 Å². The van der Waals surface area contributed by atoms with Gasteiger partial charge in [0.05, 0.1) is 6.42 Å². The third-order valence-electron chi connectivity index (χ3n) is 2.34. The second-order valence-corrected chi connectivity index (χ2v) is 3.96. The molecule has 2 amide bonds. The van der Waals surface area contributed by atoms with E-state index in [4.69, 9.17) is 11.6 Å². The van der Waals surface area contributed by atoms with Crippen molar-refractivity contribution in [3.8, 4) is 0 Å². The van der Waals surface area contributed by atoms with Gasteiger partial charge in [0.15, 0.2) is 0 Å². The number of hydrogen-bond acceptors (Lipinski definition) is 2. The molecule has 5 heteroatoms. The van der Waals surface area contributed by atoms with Crippen LogP contribution < -0.4 is 10.6 Å². The first-order chi connectivity index (χ1) is 7.69. The smallest absolute Gasteiger partial charge is 0.228 e. The van der Waals surface area contributed by atoms with Crippen molar-refractivity contribution in [3.63, 3.8) is 0 Å². The Hall–Kier alpha value is -1.55. The SMILES string of the molecule is O=C(CCCl)Nc1ccc2c(c1)CC(=O)N2. The molecule has 1 aliphatic heterocycles. The molecule has 4 nitrogen and oxygen atoms in total. The molecule has 0 unspecified atom stereocenters. The molecule has 0 atom stereocenters. The normalized spacial score (nSPS) is 13.2. The van der Waals surface area contributed by atoms with Crippen LogP contribution in [-0.4, -0.2) is 17.7 Å². The molecule has 0 bridgehead atoms. The highest BCUT2D eigenvalue weighted by Crippen LogP contribution is 2.25. The van der Waals surface area contributed by atoms with Gasteiger partial charge in [-0.05, 0) is 23.8 Å². The van der Waals surface area contributed by atoms with E-state index in [1.54, 1.807) is 18.2 Å². The summed E-state index contributed by atoms with van der Waals surface area (Å²) in [5.41, 5.74) is 2.43. The summed E-state index contributed by atoms with van der Waals surface area (Å²) >= 11 is 5.46. The highest BCUT2D eigenvalue weighted by molar-refractivity contribution is 6.19. The number of hydrogen-bond donors (Lipinski definition) is 2. The van der Waals surface area contributed by atoms with E-state index in [1.165, 1.54) is 0 Å². The van der Waals surface area contributed by atoms with Crippen LogP contribution in [-0.2, 0) is 16.0 Å². The van der Waals surface area contributed by atoms with Crippen LogP contribution in [0.15, 0.2) is 18.2 Å². The fraction of sp³-hybridized carbons (Fsp3) is 0.273. The number of halogens is 1. The third kappa shape index (κ3) is 2.33. The van der Waals surface area contributed by atoms with E-state index in [1.807, 2.05) is 0 Å². The van der Waals surface area contributed by atoms with E-state index in [2.05, 4.69) is 10.6 Å². The average molecular weight is 239 g/mol. The van der Waals surface area contributed by atoms with Crippen LogP contribution in [0.5, 0.6) is 0 Å². The summed E-state index contributed by atoms with van der Waals surface area (Å²) in [6.45, 7) is 0. The molecule has 1 heterocycles. The number of nitrogens with one attached hydrogen (secondary N) is 2. The summed E-state index contributed by atoms with van der Waals surface area (Å²) in [5, 5.41) is 5.46. The van der Waals surface area contributed by atoms with Gasteiger partial charge in [-0.15, -0.1) is 11.6 Å². The van der Waals surface area contributed by atoms with Gasteiger partial charge in [0.25, 0.3) is 0 Å². The zero-order valence-electron chi connectivity index (χ0n) is 8.55. The topological polar surface area (TPSA) is 58.2 Å². The van der Waals surface area contributed by atoms with E-state index in [9.17, 15) is 9.59 Å². The summed E-state index contributed by atoms with van der Waals surface area (Å²) in [6.07, 6.45) is 0.657. The highest BCUT2D eigenvalue weighted by Gasteiger charge is 2.17. The average Bonchev–Trinajstić information content (AvgIpc) is 2.57. The van der Waals surface area contributed by atoms with Gasteiger partial charge in [-0.1, -0.05) is 0 Å².